The van der Waals surface area contributed by atoms with Gasteiger partial charge in [0.1, 0.15) is 11.3 Å². The van der Waals surface area contributed by atoms with Gasteiger partial charge in [0.2, 0.25) is 0 Å². The lowest BCUT2D eigenvalue weighted by atomic mass is 10.0. The summed E-state index contributed by atoms with van der Waals surface area (Å²) in [6.07, 6.45) is 1.31. The second kappa shape index (κ2) is 7.41. The van der Waals surface area contributed by atoms with Gasteiger partial charge in [-0.15, -0.1) is 0 Å². The van der Waals surface area contributed by atoms with Gasteiger partial charge in [-0.25, -0.2) is 14.2 Å². The maximum absolute atomic E-state index is 15.0. The fourth-order valence-electron chi connectivity index (χ4n) is 2.73. The van der Waals surface area contributed by atoms with Crippen LogP contribution < -0.4 is 9.86 Å². The average Bonchev–Trinajstić information content (AvgIpc) is 2.67. The summed E-state index contributed by atoms with van der Waals surface area (Å²) in [7, 11) is 1.28. The van der Waals surface area contributed by atoms with Gasteiger partial charge in [-0.3, -0.25) is 0 Å². The molecule has 0 fully saturated rings. The number of aromatic nitrogens is 1. The smallest absolute Gasteiger partial charge is 0.339 e. The van der Waals surface area contributed by atoms with Crippen LogP contribution in [-0.4, -0.2) is 23.2 Å². The molecule has 0 radical (unpaired) electrons. The van der Waals surface area contributed by atoms with Crippen LogP contribution in [0.1, 0.15) is 15.9 Å². The second-order valence-corrected chi connectivity index (χ2v) is 5.82. The van der Waals surface area contributed by atoms with E-state index in [9.17, 15) is 18.8 Å². The van der Waals surface area contributed by atoms with Crippen LogP contribution in [0.25, 0.3) is 11.1 Å². The first-order chi connectivity index (χ1) is 12.9. The number of hydrogen-bond donors (Lipinski definition) is 1. The Morgan fingerprint density at radius 1 is 1.19 bits per heavy atom. The van der Waals surface area contributed by atoms with Gasteiger partial charge in [-0.2, -0.15) is 5.12 Å². The summed E-state index contributed by atoms with van der Waals surface area (Å²) in [4.78, 5) is 15.2. The van der Waals surface area contributed by atoms with E-state index in [-0.39, 0.29) is 16.4 Å². The topological polar surface area (TPSA) is 62.7 Å². The number of carboxylic acid groups (broad SMARTS) is 1. The van der Waals surface area contributed by atoms with Crippen LogP contribution in [0.3, 0.4) is 0 Å². The number of nitrogens with zero attached hydrogens (tertiary/aromatic N) is 2. The molecule has 7 heteroatoms. The Labute approximate surface area is 154 Å². The third-order valence-electron chi connectivity index (χ3n) is 4.00. The quantitative estimate of drug-likeness (QED) is 0.646. The van der Waals surface area contributed by atoms with E-state index in [1.807, 2.05) is 6.07 Å². The monoisotopic (exact) mass is 370 g/mol. The predicted octanol–water partition coefficient (Wildman–Crippen LogP) is 4.93. The molecular formula is C20H16F2N2O3. The lowest BCUT2D eigenvalue weighted by molar-refractivity contribution is 0.0696. The molecule has 3 aromatic rings. The fraction of sp³-hybridized carbons (Fsp3) is 0.100. The highest BCUT2D eigenvalue weighted by molar-refractivity contribution is 5.94. The molecule has 0 aliphatic carbocycles. The van der Waals surface area contributed by atoms with Crippen LogP contribution in [0, 0.1) is 12.7 Å². The van der Waals surface area contributed by atoms with Crippen molar-refractivity contribution in [3.63, 3.8) is 0 Å². The first kappa shape index (κ1) is 18.3. The van der Waals surface area contributed by atoms with Crippen molar-refractivity contribution < 1.29 is 23.5 Å². The zero-order valence-electron chi connectivity index (χ0n) is 14.6. The number of hydrogen-bond acceptors (Lipinski definition) is 4. The predicted molar refractivity (Wildman–Crippen MR) is 97.6 cm³/mol. The normalized spacial score (nSPS) is 10.5. The Bertz CT molecular complexity index is 994. The molecule has 27 heavy (non-hydrogen) atoms. The van der Waals surface area contributed by atoms with Crippen molar-refractivity contribution in [1.82, 2.24) is 4.98 Å². The van der Waals surface area contributed by atoms with E-state index in [1.165, 1.54) is 31.5 Å². The zero-order chi connectivity index (χ0) is 19.6. The number of carboxylic acids is 1. The molecule has 0 aliphatic rings. The van der Waals surface area contributed by atoms with Crippen LogP contribution in [0.4, 0.5) is 20.4 Å². The summed E-state index contributed by atoms with van der Waals surface area (Å²) < 4.78 is 35.1. The lowest BCUT2D eigenvalue weighted by Crippen LogP contribution is -2.14. The maximum Gasteiger partial charge on any atom is 0.339 e. The van der Waals surface area contributed by atoms with Crippen LogP contribution in [-0.2, 0) is 0 Å². The van der Waals surface area contributed by atoms with Gasteiger partial charge < -0.3 is 9.84 Å². The highest BCUT2D eigenvalue weighted by Gasteiger charge is 2.25. The highest BCUT2D eigenvalue weighted by atomic mass is 19.2. The van der Waals surface area contributed by atoms with Crippen molar-refractivity contribution in [1.29, 1.82) is 0 Å². The lowest BCUT2D eigenvalue weighted by Gasteiger charge is -2.18. The number of benzene rings is 2. The van der Waals surface area contributed by atoms with Gasteiger partial charge in [-0.05, 0) is 36.2 Å². The number of methoxy groups -OCH3 is 1. The molecule has 138 valence electrons. The van der Waals surface area contributed by atoms with Crippen LogP contribution in [0.15, 0.2) is 54.7 Å². The second-order valence-electron chi connectivity index (χ2n) is 5.82. The van der Waals surface area contributed by atoms with Crippen LogP contribution >= 0.6 is 0 Å². The average molecular weight is 370 g/mol. The molecule has 2 aromatic carbocycles. The number of halogens is 2. The van der Waals surface area contributed by atoms with Gasteiger partial charge >= 0.3 is 5.97 Å². The number of carbonyl (C=O) groups is 1. The van der Waals surface area contributed by atoms with E-state index in [1.54, 1.807) is 31.2 Å². The number of anilines is 2. The van der Waals surface area contributed by atoms with E-state index in [0.29, 0.717) is 16.7 Å². The van der Waals surface area contributed by atoms with Gasteiger partial charge in [0.05, 0.1) is 7.11 Å². The van der Waals surface area contributed by atoms with Crippen molar-refractivity contribution in [3.05, 3.63) is 71.7 Å². The molecule has 0 atom stereocenters. The number of aromatic carboxylic acids is 1. The Morgan fingerprint density at radius 3 is 2.52 bits per heavy atom. The first-order valence-corrected chi connectivity index (χ1v) is 8.01. The van der Waals surface area contributed by atoms with E-state index in [4.69, 9.17) is 4.74 Å². The third kappa shape index (κ3) is 3.44. The summed E-state index contributed by atoms with van der Waals surface area (Å²) in [5.41, 5.74) is 0.823. The zero-order valence-corrected chi connectivity index (χ0v) is 14.6. The third-order valence-corrected chi connectivity index (χ3v) is 4.00. The first-order valence-electron chi connectivity index (χ1n) is 8.01. The fourth-order valence-corrected chi connectivity index (χ4v) is 2.73. The molecule has 1 N–H and O–H groups in total. The molecular weight excluding hydrogens is 354 g/mol. The Hall–Kier alpha value is -3.48. The minimum atomic E-state index is -1.36. The van der Waals surface area contributed by atoms with Crippen molar-refractivity contribution >= 4 is 17.5 Å². The van der Waals surface area contributed by atoms with E-state index in [0.717, 1.165) is 0 Å². The van der Waals surface area contributed by atoms with E-state index in [2.05, 4.69) is 4.98 Å². The number of pyridine rings is 1. The molecule has 0 saturated heterocycles. The molecule has 0 aliphatic heterocycles. The van der Waals surface area contributed by atoms with Crippen molar-refractivity contribution in [2.45, 2.75) is 6.92 Å². The Balaban J connectivity index is 2.12. The minimum absolute atomic E-state index is 0.0878. The molecule has 1 aromatic heterocycles. The van der Waals surface area contributed by atoms with Gasteiger partial charge in [0.25, 0.3) is 0 Å². The number of rotatable bonds is 5. The summed E-state index contributed by atoms with van der Waals surface area (Å²) in [6, 6.07) is 12.9. The Morgan fingerprint density at radius 2 is 1.89 bits per heavy atom. The highest BCUT2D eigenvalue weighted by Crippen LogP contribution is 2.39. The van der Waals surface area contributed by atoms with Gasteiger partial charge in [-0.1, -0.05) is 34.8 Å². The van der Waals surface area contributed by atoms with Crippen molar-refractivity contribution in [2.75, 3.05) is 12.2 Å². The molecule has 0 bridgehead atoms. The molecule has 1 heterocycles. The maximum atomic E-state index is 15.0. The molecule has 0 amide bonds. The van der Waals surface area contributed by atoms with Crippen molar-refractivity contribution in [3.8, 4) is 16.9 Å². The number of ether oxygens (including phenoxy) is 1. The number of aryl methyl sites for hydroxylation is 1. The largest absolute Gasteiger partial charge is 0.493 e. The standard InChI is InChI=1S/C20H16F2N2O3/c1-12-10-15(20(25)26)19(23-11-12)24(22)16-9-8-14(18(27-2)17(16)21)13-6-4-3-5-7-13/h3-11H,1-2H3,(H,25,26). The summed E-state index contributed by atoms with van der Waals surface area (Å²) >= 11 is 0. The van der Waals surface area contributed by atoms with Gasteiger partial charge in [0, 0.05) is 11.8 Å². The molecule has 5 nitrogen and oxygen atoms in total. The summed E-state index contributed by atoms with van der Waals surface area (Å²) in [5.74, 6) is -2.98. The van der Waals surface area contributed by atoms with Gasteiger partial charge in [0.15, 0.2) is 17.4 Å². The van der Waals surface area contributed by atoms with Crippen LogP contribution in [0.5, 0.6) is 5.75 Å². The molecule has 0 unspecified atom stereocenters. The molecule has 0 saturated carbocycles. The van der Waals surface area contributed by atoms with E-state index < -0.39 is 23.3 Å². The Kier molecular flexibility index (Phi) is 5.03. The van der Waals surface area contributed by atoms with Crippen LogP contribution in [0.2, 0.25) is 0 Å². The molecule has 0 spiro atoms. The summed E-state index contributed by atoms with van der Waals surface area (Å²) in [6.45, 7) is 1.63. The summed E-state index contributed by atoms with van der Waals surface area (Å²) in [5, 5.41) is 9.21. The molecule has 3 rings (SSSR count). The van der Waals surface area contributed by atoms with E-state index >= 15 is 0 Å². The minimum Gasteiger partial charge on any atom is -0.493 e. The van der Waals surface area contributed by atoms with Crippen molar-refractivity contribution in [2.24, 2.45) is 0 Å². The SMILES string of the molecule is COc1c(-c2ccccc2)ccc(N(F)c2ncc(C)cc2C(=O)O)c1F.